The maximum Gasteiger partial charge on any atom is 0.129 e. The first-order chi connectivity index (χ1) is 13.7. The molecular weight excluding hydrogens is 395 g/mol. The van der Waals surface area contributed by atoms with Gasteiger partial charge in [-0.3, -0.25) is 0 Å². The van der Waals surface area contributed by atoms with Gasteiger partial charge in [-0.1, -0.05) is 30.3 Å². The molecule has 0 aliphatic heterocycles. The van der Waals surface area contributed by atoms with Crippen molar-refractivity contribution in [3.63, 3.8) is 0 Å². The van der Waals surface area contributed by atoms with Gasteiger partial charge in [0, 0.05) is 22.6 Å². The number of hydrogen-bond acceptors (Lipinski definition) is 3. The molecule has 146 valence electrons. The lowest BCUT2D eigenvalue weighted by atomic mass is 9.89. The van der Waals surface area contributed by atoms with Crippen molar-refractivity contribution < 1.29 is 13.9 Å². The number of alkyl halides is 2. The zero-order valence-electron chi connectivity index (χ0n) is 15.3. The summed E-state index contributed by atoms with van der Waals surface area (Å²) >= 11 is 13.3. The van der Waals surface area contributed by atoms with Crippen LogP contribution in [0.2, 0.25) is 0 Å². The number of hydrogen-bond donors (Lipinski definition) is 0. The Labute approximate surface area is 175 Å². The van der Waals surface area contributed by atoms with Gasteiger partial charge in [-0.05, 0) is 48.4 Å². The van der Waals surface area contributed by atoms with Gasteiger partial charge >= 0.3 is 0 Å². The second-order valence-corrected chi connectivity index (χ2v) is 8.16. The predicted octanol–water partition coefficient (Wildman–Crippen LogP) is 6.61. The Bertz CT molecular complexity index is 849. The average molecular weight is 417 g/mol. The van der Waals surface area contributed by atoms with Crippen LogP contribution in [0.3, 0.4) is 0 Å². The predicted molar refractivity (Wildman–Crippen MR) is 111 cm³/mol. The summed E-state index contributed by atoms with van der Waals surface area (Å²) < 4.78 is 17.1. The molecule has 0 amide bonds. The number of benzene rings is 2. The monoisotopic (exact) mass is 416 g/mol. The van der Waals surface area contributed by atoms with Crippen LogP contribution in [0.25, 0.3) is 0 Å². The highest BCUT2D eigenvalue weighted by atomic mass is 35.5. The van der Waals surface area contributed by atoms with Crippen LogP contribution in [0, 0.1) is 5.92 Å². The largest absolute Gasteiger partial charge is 0.467 e. The SMILES string of the molecule is ClC1CC(Cl)C(c2ccc(Oc3ccccc3)cc2)C1COCc1ccco1. The molecular formula is C23H22Cl2O3. The van der Waals surface area contributed by atoms with Crippen LogP contribution < -0.4 is 4.74 Å². The van der Waals surface area contributed by atoms with Gasteiger partial charge in [0.1, 0.15) is 23.9 Å². The van der Waals surface area contributed by atoms with E-state index in [1.165, 1.54) is 0 Å². The zero-order chi connectivity index (χ0) is 19.3. The van der Waals surface area contributed by atoms with Crippen LogP contribution in [0.5, 0.6) is 11.5 Å². The van der Waals surface area contributed by atoms with Crippen LogP contribution in [0.15, 0.2) is 77.4 Å². The van der Waals surface area contributed by atoms with Crippen LogP contribution in [-0.2, 0) is 11.3 Å². The molecule has 28 heavy (non-hydrogen) atoms. The summed E-state index contributed by atoms with van der Waals surface area (Å²) in [4.78, 5) is 0. The summed E-state index contributed by atoms with van der Waals surface area (Å²) in [6, 6.07) is 21.6. The maximum absolute atomic E-state index is 6.66. The normalized spacial score (nSPS) is 24.4. The van der Waals surface area contributed by atoms with Crippen LogP contribution in [0.1, 0.15) is 23.7 Å². The summed E-state index contributed by atoms with van der Waals surface area (Å²) in [5.41, 5.74) is 1.16. The van der Waals surface area contributed by atoms with Gasteiger partial charge in [0.15, 0.2) is 0 Å². The first kappa shape index (κ1) is 19.4. The van der Waals surface area contributed by atoms with Gasteiger partial charge < -0.3 is 13.9 Å². The quantitative estimate of drug-likeness (QED) is 0.406. The molecule has 0 spiro atoms. The second kappa shape index (κ2) is 9.04. The molecule has 0 radical (unpaired) electrons. The lowest BCUT2D eigenvalue weighted by Gasteiger charge is -2.24. The topological polar surface area (TPSA) is 31.6 Å². The molecule has 1 heterocycles. The van der Waals surface area contributed by atoms with Crippen molar-refractivity contribution in [3.8, 4) is 11.5 Å². The Morgan fingerprint density at radius 3 is 2.32 bits per heavy atom. The Morgan fingerprint density at radius 2 is 1.61 bits per heavy atom. The fraction of sp³-hybridized carbons (Fsp3) is 0.304. The molecule has 4 rings (SSSR count). The van der Waals surface area contributed by atoms with E-state index in [9.17, 15) is 0 Å². The van der Waals surface area contributed by atoms with Gasteiger partial charge in [-0.2, -0.15) is 0 Å². The van der Waals surface area contributed by atoms with Crippen LogP contribution in [0.4, 0.5) is 0 Å². The highest BCUT2D eigenvalue weighted by molar-refractivity contribution is 6.25. The summed E-state index contributed by atoms with van der Waals surface area (Å²) in [6.45, 7) is 0.988. The Balaban J connectivity index is 1.42. The van der Waals surface area contributed by atoms with Gasteiger partial charge in [0.2, 0.25) is 0 Å². The van der Waals surface area contributed by atoms with Crippen molar-refractivity contribution >= 4 is 23.2 Å². The molecule has 2 aromatic carbocycles. The molecule has 3 aromatic rings. The van der Waals surface area contributed by atoms with Crippen molar-refractivity contribution in [1.29, 1.82) is 0 Å². The van der Waals surface area contributed by atoms with E-state index in [1.54, 1.807) is 6.26 Å². The lowest BCUT2D eigenvalue weighted by Crippen LogP contribution is -2.22. The maximum atomic E-state index is 6.66. The van der Waals surface area contributed by atoms with E-state index in [-0.39, 0.29) is 22.6 Å². The Morgan fingerprint density at radius 1 is 0.857 bits per heavy atom. The van der Waals surface area contributed by atoms with Crippen molar-refractivity contribution in [2.45, 2.75) is 29.7 Å². The Kier molecular flexibility index (Phi) is 6.26. The summed E-state index contributed by atoms with van der Waals surface area (Å²) in [6.07, 6.45) is 2.42. The number of rotatable bonds is 7. The molecule has 3 nitrogen and oxygen atoms in total. The van der Waals surface area contributed by atoms with Crippen molar-refractivity contribution in [3.05, 3.63) is 84.3 Å². The van der Waals surface area contributed by atoms with E-state index in [4.69, 9.17) is 37.1 Å². The number of ether oxygens (including phenoxy) is 2. The van der Waals surface area contributed by atoms with E-state index in [0.717, 1.165) is 29.2 Å². The minimum Gasteiger partial charge on any atom is -0.467 e. The molecule has 5 heteroatoms. The highest BCUT2D eigenvalue weighted by Gasteiger charge is 2.42. The van der Waals surface area contributed by atoms with Crippen LogP contribution in [-0.4, -0.2) is 17.4 Å². The first-order valence-corrected chi connectivity index (χ1v) is 10.3. The summed E-state index contributed by atoms with van der Waals surface area (Å²) in [7, 11) is 0. The molecule has 1 fully saturated rings. The molecule has 1 aromatic heterocycles. The van der Waals surface area contributed by atoms with Crippen molar-refractivity contribution in [2.24, 2.45) is 5.92 Å². The molecule has 0 saturated heterocycles. The minimum absolute atomic E-state index is 0.00986. The minimum atomic E-state index is -0.0133. The fourth-order valence-corrected chi connectivity index (χ4v) is 4.80. The second-order valence-electron chi connectivity index (χ2n) is 7.04. The summed E-state index contributed by atoms with van der Waals surface area (Å²) in [5, 5.41) is -0.0232. The Hall–Kier alpha value is -1.94. The van der Waals surface area contributed by atoms with Crippen molar-refractivity contribution in [1.82, 2.24) is 0 Å². The summed E-state index contributed by atoms with van der Waals surface area (Å²) in [5.74, 6) is 2.72. The first-order valence-electron chi connectivity index (χ1n) is 9.42. The number of halogens is 2. The molecule has 1 aliphatic carbocycles. The molecule has 1 saturated carbocycles. The smallest absolute Gasteiger partial charge is 0.129 e. The van der Waals surface area contributed by atoms with E-state index < -0.39 is 0 Å². The van der Waals surface area contributed by atoms with Gasteiger partial charge in [0.05, 0.1) is 12.9 Å². The van der Waals surface area contributed by atoms with Gasteiger partial charge in [0.25, 0.3) is 0 Å². The standard InChI is InChI=1S/C23H22Cl2O3/c24-21-13-22(25)23(20(21)15-26-14-19-7-4-12-27-19)16-8-10-18(11-9-16)28-17-5-2-1-3-6-17/h1-12,20-23H,13-15H2. The lowest BCUT2D eigenvalue weighted by molar-refractivity contribution is 0.0734. The molecule has 4 unspecified atom stereocenters. The third kappa shape index (κ3) is 4.54. The van der Waals surface area contributed by atoms with E-state index in [1.807, 2.05) is 54.6 Å². The third-order valence-electron chi connectivity index (χ3n) is 5.14. The van der Waals surface area contributed by atoms with Crippen LogP contribution >= 0.6 is 23.2 Å². The molecule has 1 aliphatic rings. The highest BCUT2D eigenvalue weighted by Crippen LogP contribution is 2.46. The van der Waals surface area contributed by atoms with E-state index >= 15 is 0 Å². The van der Waals surface area contributed by atoms with E-state index in [0.29, 0.717) is 13.2 Å². The van der Waals surface area contributed by atoms with E-state index in [2.05, 4.69) is 12.1 Å². The van der Waals surface area contributed by atoms with Gasteiger partial charge in [-0.25, -0.2) is 0 Å². The van der Waals surface area contributed by atoms with Crippen molar-refractivity contribution in [2.75, 3.05) is 6.61 Å². The number of para-hydroxylation sites is 1. The average Bonchev–Trinajstić information content (AvgIpc) is 3.31. The third-order valence-corrected chi connectivity index (χ3v) is 6.10. The molecule has 4 atom stereocenters. The number of furan rings is 1. The molecule has 0 N–H and O–H groups in total. The zero-order valence-corrected chi connectivity index (χ0v) is 16.9. The fourth-order valence-electron chi connectivity index (χ4n) is 3.77. The van der Waals surface area contributed by atoms with Gasteiger partial charge in [-0.15, -0.1) is 23.2 Å². The molecule has 0 bridgehead atoms.